The number of hydrogen-bond donors (Lipinski definition) is 5. The number of nitrogens with zero attached hydrogens (tertiary/aromatic N) is 3. The maximum Gasteiger partial charge on any atom is 0.318 e. The number of aromatic nitrogens is 1. The maximum absolute atomic E-state index is 11.8. The second-order valence-electron chi connectivity index (χ2n) is 4.15. The molecule has 0 atom stereocenters. The quantitative estimate of drug-likeness (QED) is 0.236. The van der Waals surface area contributed by atoms with E-state index in [4.69, 9.17) is 17.2 Å². The number of hydrogen-bond acceptors (Lipinski definition) is 7. The van der Waals surface area contributed by atoms with Crippen LogP contribution in [0.3, 0.4) is 0 Å². The molecule has 130 valence electrons. The molecule has 1 heterocycles. The van der Waals surface area contributed by atoms with Crippen LogP contribution in [-0.4, -0.2) is 39.4 Å². The molecule has 1 rings (SSSR count). The standard InChI is InChI=1S/C8H16N8O4S3/c9-6(16-23(12,19)20)1-2-22(17,18)13-3-5-4-21-8(14-5)15-7(10)11/h4,13H,1-3H2,(H2,9,16)(H2,12,19,20)(H4,10,11,14,15). The minimum atomic E-state index is -4.15. The molecule has 0 fully saturated rings. The lowest BCUT2D eigenvalue weighted by atomic mass is 10.5. The summed E-state index contributed by atoms with van der Waals surface area (Å²) >= 11 is 1.14. The van der Waals surface area contributed by atoms with Gasteiger partial charge >= 0.3 is 10.2 Å². The highest BCUT2D eigenvalue weighted by atomic mass is 32.2. The van der Waals surface area contributed by atoms with Crippen molar-refractivity contribution in [1.82, 2.24) is 9.71 Å². The lowest BCUT2D eigenvalue weighted by Crippen LogP contribution is -2.29. The van der Waals surface area contributed by atoms with E-state index in [1.807, 2.05) is 0 Å². The Kier molecular flexibility index (Phi) is 6.39. The first-order valence-electron chi connectivity index (χ1n) is 5.85. The number of aliphatic imine (C=N–C) groups is 1. The minimum absolute atomic E-state index is 0.0783. The third-order valence-corrected chi connectivity index (χ3v) is 4.71. The third kappa shape index (κ3) is 8.41. The number of thiazole rings is 1. The summed E-state index contributed by atoms with van der Waals surface area (Å²) in [5.74, 6) is -1.01. The molecule has 0 spiro atoms. The zero-order valence-corrected chi connectivity index (χ0v) is 14.2. The van der Waals surface area contributed by atoms with Gasteiger partial charge in [0.2, 0.25) is 15.2 Å². The van der Waals surface area contributed by atoms with Crippen LogP contribution in [0.4, 0.5) is 5.13 Å². The van der Waals surface area contributed by atoms with E-state index in [0.29, 0.717) is 10.8 Å². The lowest BCUT2D eigenvalue weighted by molar-refractivity contribution is 0.580. The molecule has 0 saturated heterocycles. The predicted molar refractivity (Wildman–Crippen MR) is 87.6 cm³/mol. The molecule has 15 heteroatoms. The smallest absolute Gasteiger partial charge is 0.318 e. The normalized spacial score (nSPS) is 13.0. The molecule has 0 aliphatic rings. The van der Waals surface area contributed by atoms with Gasteiger partial charge in [-0.05, 0) is 0 Å². The molecule has 1 aromatic heterocycles. The summed E-state index contributed by atoms with van der Waals surface area (Å²) < 4.78 is 50.1. The number of nitrogens with one attached hydrogen (secondary N) is 1. The molecule has 0 bridgehead atoms. The molecule has 1 aromatic rings. The van der Waals surface area contributed by atoms with E-state index >= 15 is 0 Å². The Morgan fingerprint density at radius 3 is 2.48 bits per heavy atom. The number of amidine groups is 1. The van der Waals surface area contributed by atoms with Crippen LogP contribution in [-0.2, 0) is 26.8 Å². The Morgan fingerprint density at radius 1 is 1.26 bits per heavy atom. The molecular weight excluding hydrogens is 368 g/mol. The van der Waals surface area contributed by atoms with Gasteiger partial charge in [0.25, 0.3) is 0 Å². The second-order valence-corrected chi connectivity index (χ2v) is 8.12. The topological polar surface area (TPSA) is 222 Å². The van der Waals surface area contributed by atoms with Crippen LogP contribution in [0.5, 0.6) is 0 Å². The Balaban J connectivity index is 2.58. The van der Waals surface area contributed by atoms with Crippen LogP contribution in [0.15, 0.2) is 14.8 Å². The van der Waals surface area contributed by atoms with Crippen LogP contribution in [0.2, 0.25) is 0 Å². The van der Waals surface area contributed by atoms with Crippen molar-refractivity contribution in [2.45, 2.75) is 13.0 Å². The van der Waals surface area contributed by atoms with Gasteiger partial charge in [0.1, 0.15) is 5.84 Å². The highest BCUT2D eigenvalue weighted by Gasteiger charge is 2.13. The number of sulfonamides is 1. The highest BCUT2D eigenvalue weighted by molar-refractivity contribution is 7.89. The molecule has 0 amide bonds. The van der Waals surface area contributed by atoms with Gasteiger partial charge in [0.15, 0.2) is 5.96 Å². The molecule has 0 aliphatic heterocycles. The number of rotatable bonds is 8. The Bertz CT molecular complexity index is 806. The van der Waals surface area contributed by atoms with Crippen molar-refractivity contribution in [2.75, 3.05) is 5.75 Å². The van der Waals surface area contributed by atoms with Gasteiger partial charge in [-0.1, -0.05) is 0 Å². The van der Waals surface area contributed by atoms with E-state index in [1.165, 1.54) is 0 Å². The summed E-state index contributed by atoms with van der Waals surface area (Å²) in [4.78, 5) is 7.72. The van der Waals surface area contributed by atoms with Crippen LogP contribution in [0.25, 0.3) is 0 Å². The number of nitrogens with two attached hydrogens (primary N) is 4. The Hall–Kier alpha value is -1.81. The molecule has 23 heavy (non-hydrogen) atoms. The van der Waals surface area contributed by atoms with Gasteiger partial charge in [0.05, 0.1) is 18.0 Å². The summed E-state index contributed by atoms with van der Waals surface area (Å²) in [6, 6.07) is 0. The molecule has 0 unspecified atom stereocenters. The first-order chi connectivity index (χ1) is 10.5. The molecular formula is C8H16N8O4S3. The SMILES string of the molecule is NC(N)=Nc1nc(CNS(=O)(=O)CC/C(N)=N/S(N)(=O)=O)cs1. The zero-order chi connectivity index (χ0) is 17.7. The van der Waals surface area contributed by atoms with Gasteiger partial charge in [-0.2, -0.15) is 13.4 Å². The first kappa shape index (κ1) is 19.2. The van der Waals surface area contributed by atoms with E-state index in [1.54, 1.807) is 5.38 Å². The first-order valence-corrected chi connectivity index (χ1v) is 9.89. The van der Waals surface area contributed by atoms with Crippen LogP contribution in [0, 0.1) is 0 Å². The Morgan fingerprint density at radius 2 is 1.91 bits per heavy atom. The summed E-state index contributed by atoms with van der Waals surface area (Å²) in [5, 5.41) is 6.53. The van der Waals surface area contributed by atoms with E-state index in [2.05, 4.69) is 24.2 Å². The van der Waals surface area contributed by atoms with E-state index in [0.717, 1.165) is 11.3 Å². The van der Waals surface area contributed by atoms with E-state index < -0.39 is 31.8 Å². The molecule has 0 aliphatic carbocycles. The summed E-state index contributed by atoms with van der Waals surface area (Å²) in [6.45, 7) is -0.0783. The van der Waals surface area contributed by atoms with E-state index in [-0.39, 0.29) is 18.9 Å². The van der Waals surface area contributed by atoms with Crippen molar-refractivity contribution in [3.63, 3.8) is 0 Å². The summed E-state index contributed by atoms with van der Waals surface area (Å²) in [7, 11) is -7.86. The third-order valence-electron chi connectivity index (χ3n) is 2.11. The molecule has 0 radical (unpaired) electrons. The number of guanidine groups is 1. The fourth-order valence-electron chi connectivity index (χ4n) is 1.24. The lowest BCUT2D eigenvalue weighted by Gasteiger charge is -2.04. The van der Waals surface area contributed by atoms with Gasteiger partial charge in [0, 0.05) is 11.8 Å². The fraction of sp³-hybridized carbons (Fsp3) is 0.375. The van der Waals surface area contributed by atoms with Crippen molar-refractivity contribution in [1.29, 1.82) is 0 Å². The van der Waals surface area contributed by atoms with Crippen LogP contribution in [0.1, 0.15) is 12.1 Å². The predicted octanol–water partition coefficient (Wildman–Crippen LogP) is -2.58. The van der Waals surface area contributed by atoms with Gasteiger partial charge in [-0.15, -0.1) is 15.7 Å². The largest absolute Gasteiger partial charge is 0.386 e. The van der Waals surface area contributed by atoms with Crippen LogP contribution >= 0.6 is 11.3 Å². The molecule has 12 nitrogen and oxygen atoms in total. The molecule has 0 aromatic carbocycles. The van der Waals surface area contributed by atoms with Crippen molar-refractivity contribution in [3.8, 4) is 0 Å². The summed E-state index contributed by atoms with van der Waals surface area (Å²) in [6.07, 6.45) is -0.290. The minimum Gasteiger partial charge on any atom is -0.386 e. The van der Waals surface area contributed by atoms with Gasteiger partial charge in [-0.25, -0.2) is 23.3 Å². The van der Waals surface area contributed by atoms with Gasteiger partial charge < -0.3 is 17.2 Å². The average Bonchev–Trinajstić information content (AvgIpc) is 2.79. The highest BCUT2D eigenvalue weighted by Crippen LogP contribution is 2.18. The summed E-state index contributed by atoms with van der Waals surface area (Å²) in [5.41, 5.74) is 16.1. The van der Waals surface area contributed by atoms with Crippen molar-refractivity contribution in [2.24, 2.45) is 31.7 Å². The monoisotopic (exact) mass is 384 g/mol. The van der Waals surface area contributed by atoms with Gasteiger partial charge in [-0.3, -0.25) is 0 Å². The van der Waals surface area contributed by atoms with Crippen LogP contribution < -0.4 is 27.1 Å². The molecule has 0 saturated carbocycles. The van der Waals surface area contributed by atoms with E-state index in [9.17, 15) is 16.8 Å². The van der Waals surface area contributed by atoms with Crippen molar-refractivity contribution < 1.29 is 16.8 Å². The average molecular weight is 384 g/mol. The van der Waals surface area contributed by atoms with Crippen molar-refractivity contribution in [3.05, 3.63) is 11.1 Å². The molecule has 9 N–H and O–H groups in total. The fourth-order valence-corrected chi connectivity index (χ4v) is 3.36. The zero-order valence-electron chi connectivity index (χ0n) is 11.7. The Labute approximate surface area is 136 Å². The second kappa shape index (κ2) is 7.64. The maximum atomic E-state index is 11.8. The van der Waals surface area contributed by atoms with Crippen molar-refractivity contribution >= 4 is 48.5 Å².